The largest absolute Gasteiger partial charge is 0.497 e. The number of methoxy groups -OCH3 is 1. The zero-order valence-electron chi connectivity index (χ0n) is 14.2. The molecule has 2 aromatic rings. The van der Waals surface area contributed by atoms with E-state index in [4.69, 9.17) is 4.74 Å². The first-order valence-electron chi connectivity index (χ1n) is 8.48. The molecular weight excluding hydrogens is 320 g/mol. The van der Waals surface area contributed by atoms with Gasteiger partial charge >= 0.3 is 0 Å². The quantitative estimate of drug-likeness (QED) is 0.843. The number of ether oxygens (including phenoxy) is 1. The summed E-state index contributed by atoms with van der Waals surface area (Å²) in [4.78, 5) is 15.4. The predicted octanol–water partition coefficient (Wildman–Crippen LogP) is 2.18. The van der Waals surface area contributed by atoms with Gasteiger partial charge in [0.1, 0.15) is 11.8 Å². The van der Waals surface area contributed by atoms with Gasteiger partial charge in [0.05, 0.1) is 18.5 Å². The van der Waals surface area contributed by atoms with Crippen molar-refractivity contribution in [2.75, 3.05) is 13.7 Å². The number of hydrogen-bond donors (Lipinski definition) is 2. The fraction of sp³-hybridized carbons (Fsp3) is 0.421. The Balaban J connectivity index is 1.57. The number of amides is 1. The van der Waals surface area contributed by atoms with Crippen molar-refractivity contribution in [2.45, 2.75) is 38.4 Å². The van der Waals surface area contributed by atoms with Crippen LogP contribution in [0.25, 0.3) is 0 Å². The Labute approximate surface area is 147 Å². The Kier molecular flexibility index (Phi) is 5.53. The van der Waals surface area contributed by atoms with Crippen LogP contribution >= 0.6 is 11.3 Å². The number of carbonyl (C=O) groups excluding carboxylic acids is 1. The van der Waals surface area contributed by atoms with Crippen molar-refractivity contribution in [1.82, 2.24) is 5.32 Å². The number of quaternary nitrogens is 1. The molecule has 1 aromatic carbocycles. The fourth-order valence-corrected chi connectivity index (χ4v) is 4.36. The Hall–Kier alpha value is -1.85. The minimum absolute atomic E-state index is 0.0298. The average Bonchev–Trinajstić information content (AvgIpc) is 3.30. The van der Waals surface area contributed by atoms with Crippen LogP contribution in [0.4, 0.5) is 0 Å². The van der Waals surface area contributed by atoms with Crippen molar-refractivity contribution < 1.29 is 14.4 Å². The van der Waals surface area contributed by atoms with Gasteiger partial charge in [-0.3, -0.25) is 4.79 Å². The standard InChI is InChI=1S/C19H24N2O2S/c1-14(21-11-3-5-17(21)18-6-4-12-24-18)19(22)20-13-15-7-9-16(23-2)10-8-15/h4,6-10,12,14,17H,3,5,11,13H2,1-2H3,(H,20,22)/p+1/t14-,17+/m0/s1. The van der Waals surface area contributed by atoms with E-state index in [0.717, 1.165) is 17.9 Å². The van der Waals surface area contributed by atoms with Crippen molar-refractivity contribution in [3.05, 3.63) is 52.2 Å². The first kappa shape index (κ1) is 17.0. The molecule has 2 N–H and O–H groups in total. The Morgan fingerprint density at radius 1 is 1.38 bits per heavy atom. The third-order valence-electron chi connectivity index (χ3n) is 4.87. The summed E-state index contributed by atoms with van der Waals surface area (Å²) in [5, 5.41) is 5.21. The number of carbonyl (C=O) groups is 1. The highest BCUT2D eigenvalue weighted by molar-refractivity contribution is 7.10. The molecule has 1 saturated heterocycles. The summed E-state index contributed by atoms with van der Waals surface area (Å²) < 4.78 is 5.16. The summed E-state index contributed by atoms with van der Waals surface area (Å²) in [5.41, 5.74) is 1.09. The molecule has 2 heterocycles. The van der Waals surface area contributed by atoms with Gasteiger partial charge < -0.3 is 15.0 Å². The number of likely N-dealkylation sites (tertiary alicyclic amines) is 1. The second-order valence-electron chi connectivity index (χ2n) is 6.32. The summed E-state index contributed by atoms with van der Waals surface area (Å²) in [7, 11) is 1.65. The molecule has 0 saturated carbocycles. The van der Waals surface area contributed by atoms with Crippen molar-refractivity contribution in [1.29, 1.82) is 0 Å². The third-order valence-corrected chi connectivity index (χ3v) is 5.85. The molecule has 1 aliphatic heterocycles. The van der Waals surface area contributed by atoms with E-state index < -0.39 is 0 Å². The molecule has 3 rings (SSSR count). The van der Waals surface area contributed by atoms with E-state index in [1.165, 1.54) is 22.6 Å². The molecule has 0 aliphatic carbocycles. The second kappa shape index (κ2) is 7.81. The van der Waals surface area contributed by atoms with Gasteiger partial charge in [0.15, 0.2) is 6.04 Å². The van der Waals surface area contributed by atoms with E-state index in [0.29, 0.717) is 12.6 Å². The van der Waals surface area contributed by atoms with Crippen LogP contribution in [0.2, 0.25) is 0 Å². The van der Waals surface area contributed by atoms with Crippen LogP contribution in [-0.4, -0.2) is 25.6 Å². The molecule has 4 nitrogen and oxygen atoms in total. The fourth-order valence-electron chi connectivity index (χ4n) is 3.46. The van der Waals surface area contributed by atoms with Gasteiger partial charge in [0.25, 0.3) is 5.91 Å². The van der Waals surface area contributed by atoms with Crippen LogP contribution in [0.5, 0.6) is 5.75 Å². The van der Waals surface area contributed by atoms with Gasteiger partial charge in [-0.05, 0) is 36.1 Å². The monoisotopic (exact) mass is 345 g/mol. The minimum atomic E-state index is -0.0298. The molecule has 1 fully saturated rings. The minimum Gasteiger partial charge on any atom is -0.497 e. The first-order valence-corrected chi connectivity index (χ1v) is 9.36. The zero-order chi connectivity index (χ0) is 16.9. The molecule has 1 amide bonds. The molecule has 1 aromatic heterocycles. The van der Waals surface area contributed by atoms with E-state index in [2.05, 4.69) is 22.8 Å². The van der Waals surface area contributed by atoms with Gasteiger partial charge in [0.2, 0.25) is 0 Å². The lowest BCUT2D eigenvalue weighted by Crippen LogP contribution is -3.15. The molecular formula is C19H25N2O2S+. The molecule has 5 heteroatoms. The van der Waals surface area contributed by atoms with E-state index in [-0.39, 0.29) is 11.9 Å². The summed E-state index contributed by atoms with van der Waals surface area (Å²) in [6, 6.07) is 12.5. The van der Waals surface area contributed by atoms with Crippen molar-refractivity contribution in [2.24, 2.45) is 0 Å². The number of hydrogen-bond acceptors (Lipinski definition) is 3. The molecule has 1 aliphatic rings. The lowest BCUT2D eigenvalue weighted by Gasteiger charge is -2.26. The zero-order valence-corrected chi connectivity index (χ0v) is 15.1. The number of benzene rings is 1. The van der Waals surface area contributed by atoms with E-state index in [9.17, 15) is 4.79 Å². The van der Waals surface area contributed by atoms with E-state index in [1.54, 1.807) is 18.4 Å². The van der Waals surface area contributed by atoms with Gasteiger partial charge in [-0.15, -0.1) is 11.3 Å². The van der Waals surface area contributed by atoms with Crippen LogP contribution in [0.1, 0.15) is 36.2 Å². The predicted molar refractivity (Wildman–Crippen MR) is 96.4 cm³/mol. The van der Waals surface area contributed by atoms with Crippen LogP contribution in [0, 0.1) is 0 Å². The highest BCUT2D eigenvalue weighted by Gasteiger charge is 2.37. The van der Waals surface area contributed by atoms with Gasteiger partial charge in [-0.1, -0.05) is 18.2 Å². The number of thiophene rings is 1. The van der Waals surface area contributed by atoms with E-state index in [1.807, 2.05) is 31.2 Å². The van der Waals surface area contributed by atoms with E-state index >= 15 is 0 Å². The summed E-state index contributed by atoms with van der Waals surface area (Å²) in [6.45, 7) is 3.68. The highest BCUT2D eigenvalue weighted by Crippen LogP contribution is 2.23. The van der Waals surface area contributed by atoms with Crippen LogP contribution in [0.3, 0.4) is 0 Å². The topological polar surface area (TPSA) is 42.8 Å². The summed E-state index contributed by atoms with van der Waals surface area (Å²) >= 11 is 1.80. The molecule has 0 radical (unpaired) electrons. The molecule has 3 atom stereocenters. The summed E-state index contributed by atoms with van der Waals surface area (Å²) in [5.74, 6) is 0.961. The molecule has 128 valence electrons. The lowest BCUT2D eigenvalue weighted by atomic mass is 10.1. The number of rotatable bonds is 6. The molecule has 1 unspecified atom stereocenters. The lowest BCUT2D eigenvalue weighted by molar-refractivity contribution is -0.931. The Morgan fingerprint density at radius 3 is 2.83 bits per heavy atom. The molecule has 24 heavy (non-hydrogen) atoms. The molecule has 0 spiro atoms. The van der Waals surface area contributed by atoms with Gasteiger partial charge in [-0.25, -0.2) is 0 Å². The maximum Gasteiger partial charge on any atom is 0.278 e. The van der Waals surface area contributed by atoms with Crippen molar-refractivity contribution in [3.8, 4) is 5.75 Å². The Morgan fingerprint density at radius 2 is 2.17 bits per heavy atom. The smallest absolute Gasteiger partial charge is 0.278 e. The third kappa shape index (κ3) is 3.79. The second-order valence-corrected chi connectivity index (χ2v) is 7.30. The van der Waals surface area contributed by atoms with Gasteiger partial charge in [-0.2, -0.15) is 0 Å². The maximum atomic E-state index is 12.6. The summed E-state index contributed by atoms with van der Waals surface area (Å²) in [6.07, 6.45) is 2.36. The maximum absolute atomic E-state index is 12.6. The van der Waals surface area contributed by atoms with Crippen molar-refractivity contribution >= 4 is 17.2 Å². The van der Waals surface area contributed by atoms with Gasteiger partial charge in [0, 0.05) is 19.4 Å². The SMILES string of the molecule is COc1ccc(CNC(=O)[C@H](C)[NH+]2CCC[C@@H]2c2cccs2)cc1. The van der Waals surface area contributed by atoms with Crippen LogP contribution in [-0.2, 0) is 11.3 Å². The first-order chi connectivity index (χ1) is 11.7. The normalized spacial score (nSPS) is 21.4. The van der Waals surface area contributed by atoms with Crippen molar-refractivity contribution in [3.63, 3.8) is 0 Å². The highest BCUT2D eigenvalue weighted by atomic mass is 32.1. The van der Waals surface area contributed by atoms with Crippen LogP contribution in [0.15, 0.2) is 41.8 Å². The Bertz CT molecular complexity index is 655. The van der Waals surface area contributed by atoms with Crippen LogP contribution < -0.4 is 15.0 Å². The molecule has 0 bridgehead atoms. The average molecular weight is 345 g/mol. The number of nitrogens with one attached hydrogen (secondary N) is 2.